The molecule has 2 N–H and O–H groups in total. The summed E-state index contributed by atoms with van der Waals surface area (Å²) in [4.78, 5) is 27.9. The summed E-state index contributed by atoms with van der Waals surface area (Å²) in [5, 5.41) is 13.1. The Balaban J connectivity index is 1.43. The Morgan fingerprint density at radius 2 is 2.22 bits per heavy atom. The Morgan fingerprint density at radius 3 is 3.00 bits per heavy atom. The molecule has 1 atom stereocenters. The molecule has 0 radical (unpaired) electrons. The minimum atomic E-state index is -0.871. The second kappa shape index (κ2) is 9.16. The van der Waals surface area contributed by atoms with Gasteiger partial charge in [0.15, 0.2) is 0 Å². The van der Waals surface area contributed by atoms with Gasteiger partial charge in [-0.25, -0.2) is 4.79 Å². The second-order valence-electron chi connectivity index (χ2n) is 6.76. The van der Waals surface area contributed by atoms with E-state index in [0.717, 1.165) is 6.42 Å². The Labute approximate surface area is 162 Å². The lowest BCUT2D eigenvalue weighted by atomic mass is 10.2. The normalized spacial score (nSPS) is 17.4. The van der Waals surface area contributed by atoms with Crippen LogP contribution in [0.2, 0.25) is 0 Å². The molecule has 1 aromatic heterocycles. The maximum atomic E-state index is 12.4. The number of thiophene rings is 1. The van der Waals surface area contributed by atoms with Crippen LogP contribution >= 0.6 is 11.3 Å². The van der Waals surface area contributed by atoms with Crippen LogP contribution in [0.4, 0.5) is 4.79 Å². The van der Waals surface area contributed by atoms with E-state index in [2.05, 4.69) is 23.5 Å². The van der Waals surface area contributed by atoms with E-state index in [1.165, 1.54) is 15.0 Å². The summed E-state index contributed by atoms with van der Waals surface area (Å²) in [6.07, 6.45) is 0.636. The van der Waals surface area contributed by atoms with Gasteiger partial charge in [0.25, 0.3) is 0 Å². The molecule has 0 bridgehead atoms. The molecule has 0 saturated carbocycles. The van der Waals surface area contributed by atoms with Gasteiger partial charge in [-0.05, 0) is 31.0 Å². The number of urea groups is 1. The maximum Gasteiger partial charge on any atom is 0.317 e. The highest BCUT2D eigenvalue weighted by Gasteiger charge is 2.25. The summed E-state index contributed by atoms with van der Waals surface area (Å²) in [5.74, 6) is -0.871. The molecule has 3 rings (SSSR count). The van der Waals surface area contributed by atoms with Crippen LogP contribution in [0.1, 0.15) is 4.88 Å². The predicted molar refractivity (Wildman–Crippen MR) is 105 cm³/mol. The third-order valence-electron chi connectivity index (χ3n) is 4.47. The largest absolute Gasteiger partial charge is 0.480 e. The monoisotopic (exact) mass is 391 g/mol. The van der Waals surface area contributed by atoms with E-state index >= 15 is 0 Å². The summed E-state index contributed by atoms with van der Waals surface area (Å²) < 4.78 is 6.93. The van der Waals surface area contributed by atoms with Gasteiger partial charge in [0.2, 0.25) is 0 Å². The Morgan fingerprint density at radius 1 is 1.41 bits per heavy atom. The fourth-order valence-electron chi connectivity index (χ4n) is 3.22. The van der Waals surface area contributed by atoms with Crippen LogP contribution in [0.3, 0.4) is 0 Å². The molecular weight excluding hydrogens is 366 g/mol. The van der Waals surface area contributed by atoms with E-state index < -0.39 is 5.97 Å². The van der Waals surface area contributed by atoms with Crippen LogP contribution in [0.15, 0.2) is 30.3 Å². The standard InChI is InChI=1S/C19H25N3O4S/c1-21(13-18(23)24)11-15-12-22(8-9-26-15)19(25)20-7-6-16-10-14-4-2-3-5-17(14)27-16/h2-5,10,15H,6-9,11-13H2,1H3,(H,20,25)(H,23,24). The van der Waals surface area contributed by atoms with Crippen LogP contribution in [0.25, 0.3) is 10.1 Å². The number of rotatable bonds is 7. The predicted octanol–water partition coefficient (Wildman–Crippen LogP) is 1.87. The summed E-state index contributed by atoms with van der Waals surface area (Å²) in [5.41, 5.74) is 0. The molecule has 2 amide bonds. The molecule has 1 aliphatic heterocycles. The van der Waals surface area contributed by atoms with E-state index in [1.807, 2.05) is 12.1 Å². The number of nitrogens with zero attached hydrogens (tertiary/aromatic N) is 2. The number of carboxylic acid groups (broad SMARTS) is 1. The topological polar surface area (TPSA) is 82.1 Å². The van der Waals surface area contributed by atoms with Crippen molar-refractivity contribution in [3.05, 3.63) is 35.2 Å². The van der Waals surface area contributed by atoms with Crippen molar-refractivity contribution in [2.45, 2.75) is 12.5 Å². The number of nitrogens with one attached hydrogen (secondary N) is 1. The molecule has 2 heterocycles. The first kappa shape index (κ1) is 19.6. The van der Waals surface area contributed by atoms with Gasteiger partial charge in [-0.3, -0.25) is 9.69 Å². The zero-order chi connectivity index (χ0) is 19.2. The molecular formula is C19H25N3O4S. The summed E-state index contributed by atoms with van der Waals surface area (Å²) in [7, 11) is 1.74. The van der Waals surface area contributed by atoms with E-state index in [4.69, 9.17) is 9.84 Å². The van der Waals surface area contributed by atoms with Crippen LogP contribution < -0.4 is 5.32 Å². The third kappa shape index (κ3) is 5.66. The van der Waals surface area contributed by atoms with E-state index in [1.54, 1.807) is 28.2 Å². The molecule has 7 nitrogen and oxygen atoms in total. The van der Waals surface area contributed by atoms with Gasteiger partial charge in [0.05, 0.1) is 19.3 Å². The number of amides is 2. The molecule has 0 aliphatic carbocycles. The zero-order valence-electron chi connectivity index (χ0n) is 15.4. The molecule has 1 fully saturated rings. The zero-order valence-corrected chi connectivity index (χ0v) is 16.2. The van der Waals surface area contributed by atoms with Crippen molar-refractivity contribution in [3.63, 3.8) is 0 Å². The molecule has 1 unspecified atom stereocenters. The fraction of sp³-hybridized carbons (Fsp3) is 0.474. The van der Waals surface area contributed by atoms with Crippen LogP contribution in [0.5, 0.6) is 0 Å². The van der Waals surface area contributed by atoms with Crippen molar-refractivity contribution in [1.29, 1.82) is 0 Å². The van der Waals surface area contributed by atoms with Crippen molar-refractivity contribution in [1.82, 2.24) is 15.1 Å². The fourth-order valence-corrected chi connectivity index (χ4v) is 4.29. The molecule has 146 valence electrons. The quantitative estimate of drug-likeness (QED) is 0.753. The molecule has 2 aromatic rings. The second-order valence-corrected chi connectivity index (χ2v) is 7.93. The number of ether oxygens (including phenoxy) is 1. The van der Waals surface area contributed by atoms with Crippen molar-refractivity contribution in [2.24, 2.45) is 0 Å². The number of fused-ring (bicyclic) bond motifs is 1. The number of carbonyl (C=O) groups excluding carboxylic acids is 1. The van der Waals surface area contributed by atoms with Crippen molar-refractivity contribution < 1.29 is 19.4 Å². The number of hydrogen-bond donors (Lipinski definition) is 2. The minimum absolute atomic E-state index is 0.0405. The number of carboxylic acids is 1. The van der Waals surface area contributed by atoms with E-state index in [-0.39, 0.29) is 18.7 Å². The summed E-state index contributed by atoms with van der Waals surface area (Å²) in [6, 6.07) is 10.4. The van der Waals surface area contributed by atoms with E-state index in [0.29, 0.717) is 32.8 Å². The molecule has 1 saturated heterocycles. The molecule has 0 spiro atoms. The van der Waals surface area contributed by atoms with Crippen molar-refractivity contribution in [2.75, 3.05) is 46.4 Å². The number of benzene rings is 1. The first-order valence-corrected chi connectivity index (χ1v) is 9.85. The third-order valence-corrected chi connectivity index (χ3v) is 5.65. The number of carbonyl (C=O) groups is 2. The highest BCUT2D eigenvalue weighted by molar-refractivity contribution is 7.19. The Kier molecular flexibility index (Phi) is 6.65. The number of morpholine rings is 1. The average molecular weight is 391 g/mol. The molecule has 8 heteroatoms. The smallest absolute Gasteiger partial charge is 0.317 e. The average Bonchev–Trinajstić information content (AvgIpc) is 3.03. The molecule has 1 aromatic carbocycles. The number of aliphatic carboxylic acids is 1. The maximum absolute atomic E-state index is 12.4. The first-order chi connectivity index (χ1) is 13.0. The molecule has 27 heavy (non-hydrogen) atoms. The highest BCUT2D eigenvalue weighted by atomic mass is 32.1. The van der Waals surface area contributed by atoms with Gasteiger partial charge in [-0.2, -0.15) is 0 Å². The summed E-state index contributed by atoms with van der Waals surface area (Å²) >= 11 is 1.76. The van der Waals surface area contributed by atoms with Crippen molar-refractivity contribution >= 4 is 33.4 Å². The first-order valence-electron chi connectivity index (χ1n) is 9.03. The lowest BCUT2D eigenvalue weighted by molar-refractivity contribution is -0.138. The van der Waals surface area contributed by atoms with Gasteiger partial charge in [-0.1, -0.05) is 18.2 Å². The molecule has 1 aliphatic rings. The summed E-state index contributed by atoms with van der Waals surface area (Å²) in [6.45, 7) is 2.52. The van der Waals surface area contributed by atoms with Crippen molar-refractivity contribution in [3.8, 4) is 0 Å². The Bertz CT molecular complexity index is 761. The highest BCUT2D eigenvalue weighted by Crippen LogP contribution is 2.25. The number of hydrogen-bond acceptors (Lipinski definition) is 5. The van der Waals surface area contributed by atoms with Gasteiger partial charge >= 0.3 is 12.0 Å². The van der Waals surface area contributed by atoms with Crippen LogP contribution in [-0.4, -0.2) is 79.4 Å². The van der Waals surface area contributed by atoms with Gasteiger partial charge in [0.1, 0.15) is 0 Å². The lowest BCUT2D eigenvalue weighted by Gasteiger charge is -2.34. The van der Waals surface area contributed by atoms with Gasteiger partial charge in [0, 0.05) is 35.8 Å². The van der Waals surface area contributed by atoms with Gasteiger partial charge in [-0.15, -0.1) is 11.3 Å². The van der Waals surface area contributed by atoms with Crippen LogP contribution in [-0.2, 0) is 16.0 Å². The van der Waals surface area contributed by atoms with Gasteiger partial charge < -0.3 is 20.1 Å². The SMILES string of the molecule is CN(CC(=O)O)CC1CN(C(=O)NCCc2cc3ccccc3s2)CCO1. The lowest BCUT2D eigenvalue weighted by Crippen LogP contribution is -2.52. The minimum Gasteiger partial charge on any atom is -0.480 e. The van der Waals surface area contributed by atoms with E-state index in [9.17, 15) is 9.59 Å². The Hall–Kier alpha value is -2.16. The van der Waals surface area contributed by atoms with Crippen LogP contribution in [0, 0.1) is 0 Å². The number of likely N-dealkylation sites (N-methyl/N-ethyl adjacent to an activating group) is 1.